The monoisotopic (exact) mass is 446 g/mol. The molecule has 3 rings (SSSR count). The van der Waals surface area contributed by atoms with Crippen LogP contribution < -0.4 is 4.90 Å². The number of hydrogen-bond donors (Lipinski definition) is 0. The SMILES string of the molecule is CC(C)(C)c1nc(Br)n(-c2csc(N3CCCCC3)n2)c1Br. The van der Waals surface area contributed by atoms with Crippen LogP contribution in [0.3, 0.4) is 0 Å². The predicted molar refractivity (Wildman–Crippen MR) is 99.4 cm³/mol. The summed E-state index contributed by atoms with van der Waals surface area (Å²) in [5.41, 5.74) is 1.02. The lowest BCUT2D eigenvalue weighted by Crippen LogP contribution is -2.29. The fraction of sp³-hybridized carbons (Fsp3) is 0.600. The van der Waals surface area contributed by atoms with Crippen LogP contribution in [0.25, 0.3) is 5.82 Å². The number of anilines is 1. The average Bonchev–Trinajstić information content (AvgIpc) is 3.04. The van der Waals surface area contributed by atoms with E-state index in [9.17, 15) is 0 Å². The fourth-order valence-electron chi connectivity index (χ4n) is 2.64. The van der Waals surface area contributed by atoms with Crippen LogP contribution in [-0.2, 0) is 5.41 Å². The molecule has 4 nitrogen and oxygen atoms in total. The van der Waals surface area contributed by atoms with Crippen molar-refractivity contribution in [2.75, 3.05) is 18.0 Å². The summed E-state index contributed by atoms with van der Waals surface area (Å²) in [6.45, 7) is 8.73. The van der Waals surface area contributed by atoms with Crippen LogP contribution in [0.2, 0.25) is 0 Å². The van der Waals surface area contributed by atoms with E-state index in [1.54, 1.807) is 11.3 Å². The highest BCUT2D eigenvalue weighted by Gasteiger charge is 2.26. The summed E-state index contributed by atoms with van der Waals surface area (Å²) in [4.78, 5) is 11.9. The highest BCUT2D eigenvalue weighted by atomic mass is 79.9. The maximum Gasteiger partial charge on any atom is 0.187 e. The van der Waals surface area contributed by atoms with Gasteiger partial charge in [0.1, 0.15) is 4.60 Å². The molecule has 0 spiro atoms. The van der Waals surface area contributed by atoms with Crippen molar-refractivity contribution in [2.24, 2.45) is 0 Å². The van der Waals surface area contributed by atoms with Crippen LogP contribution >= 0.6 is 43.2 Å². The Morgan fingerprint density at radius 1 is 1.09 bits per heavy atom. The molecular formula is C15H20Br2N4S. The molecular weight excluding hydrogens is 428 g/mol. The van der Waals surface area contributed by atoms with Crippen LogP contribution in [0.15, 0.2) is 14.7 Å². The number of rotatable bonds is 2. The lowest BCUT2D eigenvalue weighted by atomic mass is 9.93. The summed E-state index contributed by atoms with van der Waals surface area (Å²) >= 11 is 8.99. The topological polar surface area (TPSA) is 34.0 Å². The normalized spacial score (nSPS) is 16.3. The van der Waals surface area contributed by atoms with Crippen LogP contribution in [0.5, 0.6) is 0 Å². The van der Waals surface area contributed by atoms with Gasteiger partial charge >= 0.3 is 0 Å². The molecule has 0 aromatic carbocycles. The Hall–Kier alpha value is -0.400. The van der Waals surface area contributed by atoms with Crippen molar-refractivity contribution in [2.45, 2.75) is 45.4 Å². The van der Waals surface area contributed by atoms with Gasteiger partial charge in [-0.2, -0.15) is 0 Å². The molecule has 7 heteroatoms. The van der Waals surface area contributed by atoms with Gasteiger partial charge in [-0.05, 0) is 51.1 Å². The molecule has 1 fully saturated rings. The van der Waals surface area contributed by atoms with Gasteiger partial charge in [-0.15, -0.1) is 11.3 Å². The van der Waals surface area contributed by atoms with E-state index in [-0.39, 0.29) is 5.41 Å². The molecule has 3 heterocycles. The van der Waals surface area contributed by atoms with Gasteiger partial charge in [-0.3, -0.25) is 4.57 Å². The molecule has 1 saturated heterocycles. The van der Waals surface area contributed by atoms with Gasteiger partial charge in [0.15, 0.2) is 15.7 Å². The number of imidazole rings is 1. The highest BCUT2D eigenvalue weighted by molar-refractivity contribution is 9.11. The summed E-state index contributed by atoms with van der Waals surface area (Å²) in [6.07, 6.45) is 3.87. The summed E-state index contributed by atoms with van der Waals surface area (Å²) < 4.78 is 3.80. The number of piperidine rings is 1. The third-order valence-electron chi connectivity index (χ3n) is 3.83. The van der Waals surface area contributed by atoms with Crippen LogP contribution in [-0.4, -0.2) is 27.6 Å². The van der Waals surface area contributed by atoms with Crippen molar-refractivity contribution in [1.29, 1.82) is 0 Å². The van der Waals surface area contributed by atoms with Crippen LogP contribution in [0.4, 0.5) is 5.13 Å². The Kier molecular flexibility index (Phi) is 4.67. The zero-order valence-corrected chi connectivity index (χ0v) is 17.1. The molecule has 120 valence electrons. The Labute approximate surface area is 152 Å². The minimum absolute atomic E-state index is 0.0156. The summed E-state index contributed by atoms with van der Waals surface area (Å²) in [5, 5.41) is 3.22. The van der Waals surface area contributed by atoms with Gasteiger partial charge in [0, 0.05) is 23.9 Å². The molecule has 0 saturated carbocycles. The van der Waals surface area contributed by atoms with Crippen molar-refractivity contribution in [3.63, 3.8) is 0 Å². The lowest BCUT2D eigenvalue weighted by molar-refractivity contribution is 0.568. The summed E-state index contributed by atoms with van der Waals surface area (Å²) in [7, 11) is 0. The molecule has 1 aliphatic rings. The van der Waals surface area contributed by atoms with Gasteiger partial charge in [0.25, 0.3) is 0 Å². The second-order valence-corrected chi connectivity index (χ2v) is 8.94. The molecule has 0 bridgehead atoms. The molecule has 0 unspecified atom stereocenters. The van der Waals surface area contributed by atoms with Crippen LogP contribution in [0, 0.1) is 0 Å². The first-order valence-electron chi connectivity index (χ1n) is 7.53. The van der Waals surface area contributed by atoms with Gasteiger partial charge in [0.05, 0.1) is 5.69 Å². The zero-order valence-electron chi connectivity index (χ0n) is 13.1. The summed E-state index contributed by atoms with van der Waals surface area (Å²) in [6, 6.07) is 0. The first kappa shape index (κ1) is 16.5. The molecule has 22 heavy (non-hydrogen) atoms. The molecule has 2 aromatic rings. The maximum absolute atomic E-state index is 4.83. The molecule has 2 aromatic heterocycles. The van der Waals surface area contributed by atoms with Crippen molar-refractivity contribution in [3.05, 3.63) is 20.4 Å². The maximum atomic E-state index is 4.83. The molecule has 0 amide bonds. The number of nitrogens with zero attached hydrogens (tertiary/aromatic N) is 4. The zero-order chi connectivity index (χ0) is 15.9. The Morgan fingerprint density at radius 3 is 2.36 bits per heavy atom. The van der Waals surface area contributed by atoms with Crippen molar-refractivity contribution >= 4 is 48.3 Å². The number of halogens is 2. The first-order valence-corrected chi connectivity index (χ1v) is 9.99. The van der Waals surface area contributed by atoms with E-state index in [1.807, 2.05) is 4.57 Å². The van der Waals surface area contributed by atoms with E-state index in [0.29, 0.717) is 0 Å². The average molecular weight is 448 g/mol. The number of aromatic nitrogens is 3. The Balaban J connectivity index is 1.95. The van der Waals surface area contributed by atoms with Gasteiger partial charge in [-0.25, -0.2) is 9.97 Å². The molecule has 1 aliphatic heterocycles. The largest absolute Gasteiger partial charge is 0.348 e. The van der Waals surface area contributed by atoms with E-state index in [2.05, 4.69) is 67.9 Å². The van der Waals surface area contributed by atoms with Crippen molar-refractivity contribution in [3.8, 4) is 5.82 Å². The highest BCUT2D eigenvalue weighted by Crippen LogP contribution is 2.35. The van der Waals surface area contributed by atoms with Gasteiger partial charge in [-0.1, -0.05) is 20.8 Å². The number of hydrogen-bond acceptors (Lipinski definition) is 4. The Bertz CT molecular complexity index is 666. The Morgan fingerprint density at radius 2 is 1.77 bits per heavy atom. The molecule has 0 N–H and O–H groups in total. The van der Waals surface area contributed by atoms with Crippen molar-refractivity contribution in [1.82, 2.24) is 14.5 Å². The van der Waals surface area contributed by atoms with Crippen molar-refractivity contribution < 1.29 is 0 Å². The third kappa shape index (κ3) is 3.12. The van der Waals surface area contributed by atoms with E-state index >= 15 is 0 Å². The standard InChI is InChI=1S/C15H20Br2N4S/c1-15(2,3)11-12(16)21(13(17)19-11)10-9-22-14(18-10)20-7-5-4-6-8-20/h9H,4-8H2,1-3H3. The fourth-order valence-corrected chi connectivity index (χ4v) is 5.29. The lowest BCUT2D eigenvalue weighted by Gasteiger charge is -2.25. The first-order chi connectivity index (χ1) is 10.4. The van der Waals surface area contributed by atoms with Gasteiger partial charge in [0.2, 0.25) is 0 Å². The summed E-state index contributed by atoms with van der Waals surface area (Å²) in [5.74, 6) is 0.923. The van der Waals surface area contributed by atoms with Gasteiger partial charge < -0.3 is 4.90 Å². The smallest absolute Gasteiger partial charge is 0.187 e. The van der Waals surface area contributed by atoms with Crippen LogP contribution in [0.1, 0.15) is 45.7 Å². The predicted octanol–water partition coefficient (Wildman–Crippen LogP) is 5.14. The second kappa shape index (κ2) is 6.24. The van der Waals surface area contributed by atoms with E-state index in [4.69, 9.17) is 4.98 Å². The quantitative estimate of drug-likeness (QED) is 0.638. The minimum Gasteiger partial charge on any atom is -0.348 e. The third-order valence-corrected chi connectivity index (χ3v) is 5.98. The second-order valence-electron chi connectivity index (χ2n) is 6.64. The van der Waals surface area contributed by atoms with E-state index in [0.717, 1.165) is 39.1 Å². The number of thiazole rings is 1. The van der Waals surface area contributed by atoms with E-state index in [1.165, 1.54) is 19.3 Å². The van der Waals surface area contributed by atoms with E-state index < -0.39 is 0 Å². The minimum atomic E-state index is -0.0156. The molecule has 0 radical (unpaired) electrons. The molecule has 0 atom stereocenters. The molecule has 0 aliphatic carbocycles.